The minimum atomic E-state index is -1.11. The van der Waals surface area contributed by atoms with Gasteiger partial charge in [0.2, 0.25) is 0 Å². The molecular formula is C18H24N4O2. The molecule has 2 aromatic rings. The molecule has 6 heteroatoms. The van der Waals surface area contributed by atoms with Crippen molar-refractivity contribution >= 4 is 5.91 Å². The van der Waals surface area contributed by atoms with Crippen LogP contribution in [0, 0.1) is 0 Å². The zero-order valence-corrected chi connectivity index (χ0v) is 14.2. The zero-order chi connectivity index (χ0) is 17.1. The van der Waals surface area contributed by atoms with E-state index < -0.39 is 6.10 Å². The number of likely N-dealkylation sites (N-methyl/N-ethyl adjacent to an activating group) is 1. The molecule has 0 unspecified atom stereocenters. The molecule has 1 saturated heterocycles. The van der Waals surface area contributed by atoms with Gasteiger partial charge in [-0.15, -0.1) is 0 Å². The number of aryl methyl sites for hydroxylation is 1. The second kappa shape index (κ2) is 7.15. The number of hydrogen-bond donors (Lipinski definition) is 1. The summed E-state index contributed by atoms with van der Waals surface area (Å²) >= 11 is 0. The molecule has 0 aliphatic carbocycles. The molecule has 1 aromatic heterocycles. The first kappa shape index (κ1) is 16.7. The van der Waals surface area contributed by atoms with Gasteiger partial charge in [-0.25, -0.2) is 4.98 Å². The second-order valence-corrected chi connectivity index (χ2v) is 6.14. The van der Waals surface area contributed by atoms with Crippen molar-refractivity contribution in [1.29, 1.82) is 0 Å². The summed E-state index contributed by atoms with van der Waals surface area (Å²) in [6.45, 7) is 4.97. The molecule has 0 saturated carbocycles. The van der Waals surface area contributed by atoms with Gasteiger partial charge < -0.3 is 14.6 Å². The highest BCUT2D eigenvalue weighted by Crippen LogP contribution is 2.26. The molecule has 1 N–H and O–H groups in total. The lowest BCUT2D eigenvalue weighted by atomic mass is 10.1. The number of aliphatic hydroxyl groups is 1. The standard InChI is InChI=1S/C18H24N4O2/c1-3-21-11-12-22(13-15(21)17-19-9-10-20(17)2)18(24)16(23)14-7-5-4-6-8-14/h4-10,15-16,23H,3,11-13H2,1-2H3/t15-,16-/m0/s1. The maximum atomic E-state index is 12.7. The van der Waals surface area contributed by atoms with E-state index in [2.05, 4.69) is 16.8 Å². The molecule has 3 rings (SSSR count). The van der Waals surface area contributed by atoms with Crippen LogP contribution in [0.25, 0.3) is 0 Å². The largest absolute Gasteiger partial charge is 0.378 e. The third-order valence-corrected chi connectivity index (χ3v) is 4.71. The van der Waals surface area contributed by atoms with E-state index in [1.54, 1.807) is 23.2 Å². The van der Waals surface area contributed by atoms with Crippen molar-refractivity contribution in [3.05, 3.63) is 54.1 Å². The predicted octanol–water partition coefficient (Wildman–Crippen LogP) is 1.36. The van der Waals surface area contributed by atoms with E-state index in [0.29, 0.717) is 18.7 Å². The highest BCUT2D eigenvalue weighted by atomic mass is 16.3. The van der Waals surface area contributed by atoms with Crippen LogP contribution < -0.4 is 0 Å². The Kier molecular flexibility index (Phi) is 4.97. The summed E-state index contributed by atoms with van der Waals surface area (Å²) in [6.07, 6.45) is 2.59. The summed E-state index contributed by atoms with van der Waals surface area (Å²) in [5.41, 5.74) is 0.633. The number of aliphatic hydroxyl groups excluding tert-OH is 1. The molecule has 0 radical (unpaired) electrons. The van der Waals surface area contributed by atoms with E-state index in [0.717, 1.165) is 18.9 Å². The van der Waals surface area contributed by atoms with Crippen LogP contribution in [0.15, 0.2) is 42.7 Å². The normalized spacial score (nSPS) is 20.1. The first-order chi connectivity index (χ1) is 11.6. The lowest BCUT2D eigenvalue weighted by Gasteiger charge is -2.41. The Morgan fingerprint density at radius 1 is 1.33 bits per heavy atom. The van der Waals surface area contributed by atoms with Crippen LogP contribution in [0.1, 0.15) is 30.5 Å². The van der Waals surface area contributed by atoms with E-state index in [1.807, 2.05) is 36.0 Å². The van der Waals surface area contributed by atoms with E-state index in [9.17, 15) is 9.90 Å². The summed E-state index contributed by atoms with van der Waals surface area (Å²) in [6, 6.07) is 9.14. The van der Waals surface area contributed by atoms with Gasteiger partial charge in [-0.05, 0) is 12.1 Å². The molecule has 1 fully saturated rings. The lowest BCUT2D eigenvalue weighted by Crippen LogP contribution is -2.52. The summed E-state index contributed by atoms with van der Waals surface area (Å²) in [7, 11) is 1.97. The number of aromatic nitrogens is 2. The van der Waals surface area contributed by atoms with Gasteiger partial charge in [0.1, 0.15) is 5.82 Å². The Bertz CT molecular complexity index is 685. The fourth-order valence-electron chi connectivity index (χ4n) is 3.29. The lowest BCUT2D eigenvalue weighted by molar-refractivity contribution is -0.143. The first-order valence-corrected chi connectivity index (χ1v) is 8.35. The molecule has 0 bridgehead atoms. The van der Waals surface area contributed by atoms with Crippen molar-refractivity contribution in [2.75, 3.05) is 26.2 Å². The zero-order valence-electron chi connectivity index (χ0n) is 14.2. The summed E-state index contributed by atoms with van der Waals surface area (Å²) < 4.78 is 1.99. The fourth-order valence-corrected chi connectivity index (χ4v) is 3.29. The number of hydrogen-bond acceptors (Lipinski definition) is 4. The number of imidazole rings is 1. The van der Waals surface area contributed by atoms with Gasteiger partial charge in [0.05, 0.1) is 6.04 Å². The highest BCUT2D eigenvalue weighted by Gasteiger charge is 2.34. The fraction of sp³-hybridized carbons (Fsp3) is 0.444. The number of benzene rings is 1. The molecule has 2 atom stereocenters. The van der Waals surface area contributed by atoms with E-state index in [1.165, 1.54) is 0 Å². The number of amides is 1. The first-order valence-electron chi connectivity index (χ1n) is 8.35. The Balaban J connectivity index is 1.77. The van der Waals surface area contributed by atoms with Crippen LogP contribution >= 0.6 is 0 Å². The Hall–Kier alpha value is -2.18. The van der Waals surface area contributed by atoms with Crippen LogP contribution in [-0.2, 0) is 11.8 Å². The minimum Gasteiger partial charge on any atom is -0.378 e. The average Bonchev–Trinajstić information content (AvgIpc) is 3.06. The molecular weight excluding hydrogens is 304 g/mol. The minimum absolute atomic E-state index is 0.0515. The molecule has 1 amide bonds. The number of carbonyl (C=O) groups is 1. The second-order valence-electron chi connectivity index (χ2n) is 6.14. The van der Waals surface area contributed by atoms with Crippen LogP contribution in [0.5, 0.6) is 0 Å². The van der Waals surface area contributed by atoms with Gasteiger partial charge in [0, 0.05) is 39.1 Å². The number of piperazine rings is 1. The van der Waals surface area contributed by atoms with Crippen molar-refractivity contribution in [3.63, 3.8) is 0 Å². The topological polar surface area (TPSA) is 61.6 Å². The van der Waals surface area contributed by atoms with Crippen LogP contribution in [0.2, 0.25) is 0 Å². The van der Waals surface area contributed by atoms with Gasteiger partial charge in [-0.1, -0.05) is 37.3 Å². The molecule has 2 heterocycles. The summed E-state index contributed by atoms with van der Waals surface area (Å²) in [5.74, 6) is 0.708. The van der Waals surface area contributed by atoms with Crippen molar-refractivity contribution in [2.24, 2.45) is 7.05 Å². The molecule has 0 spiro atoms. The van der Waals surface area contributed by atoms with E-state index >= 15 is 0 Å². The van der Waals surface area contributed by atoms with Crippen molar-refractivity contribution in [3.8, 4) is 0 Å². The third kappa shape index (κ3) is 3.20. The Morgan fingerprint density at radius 2 is 2.08 bits per heavy atom. The number of carbonyl (C=O) groups excluding carboxylic acids is 1. The van der Waals surface area contributed by atoms with Crippen molar-refractivity contribution in [2.45, 2.75) is 19.1 Å². The Labute approximate surface area is 142 Å². The maximum absolute atomic E-state index is 12.7. The monoisotopic (exact) mass is 328 g/mol. The van der Waals surface area contributed by atoms with Crippen LogP contribution in [0.4, 0.5) is 0 Å². The van der Waals surface area contributed by atoms with Crippen LogP contribution in [0.3, 0.4) is 0 Å². The van der Waals surface area contributed by atoms with Gasteiger partial charge in [0.15, 0.2) is 6.10 Å². The SMILES string of the molecule is CCN1CCN(C(=O)[C@@H](O)c2ccccc2)C[C@H]1c1nccn1C. The summed E-state index contributed by atoms with van der Waals surface area (Å²) in [5, 5.41) is 10.4. The maximum Gasteiger partial charge on any atom is 0.256 e. The van der Waals surface area contributed by atoms with Crippen molar-refractivity contribution in [1.82, 2.24) is 19.4 Å². The van der Waals surface area contributed by atoms with Gasteiger partial charge in [-0.3, -0.25) is 9.69 Å². The number of nitrogens with zero attached hydrogens (tertiary/aromatic N) is 4. The predicted molar refractivity (Wildman–Crippen MR) is 91.2 cm³/mol. The van der Waals surface area contributed by atoms with E-state index in [-0.39, 0.29) is 11.9 Å². The van der Waals surface area contributed by atoms with Crippen molar-refractivity contribution < 1.29 is 9.90 Å². The quantitative estimate of drug-likeness (QED) is 0.920. The average molecular weight is 328 g/mol. The van der Waals surface area contributed by atoms with Gasteiger partial charge in [0.25, 0.3) is 5.91 Å². The highest BCUT2D eigenvalue weighted by molar-refractivity contribution is 5.82. The molecule has 24 heavy (non-hydrogen) atoms. The summed E-state index contributed by atoms with van der Waals surface area (Å²) in [4.78, 5) is 21.3. The van der Waals surface area contributed by atoms with Gasteiger partial charge >= 0.3 is 0 Å². The Morgan fingerprint density at radius 3 is 2.71 bits per heavy atom. The molecule has 1 aliphatic rings. The van der Waals surface area contributed by atoms with E-state index in [4.69, 9.17) is 0 Å². The molecule has 1 aliphatic heterocycles. The molecule has 128 valence electrons. The van der Waals surface area contributed by atoms with Gasteiger partial charge in [-0.2, -0.15) is 0 Å². The number of rotatable bonds is 4. The smallest absolute Gasteiger partial charge is 0.256 e. The molecule has 1 aromatic carbocycles. The van der Waals surface area contributed by atoms with Crippen LogP contribution in [-0.4, -0.2) is 56.5 Å². The molecule has 6 nitrogen and oxygen atoms in total. The third-order valence-electron chi connectivity index (χ3n) is 4.71.